The number of carbonyl (C=O) groups is 4. The van der Waals surface area contributed by atoms with Crippen molar-refractivity contribution in [2.75, 3.05) is 32.2 Å². The van der Waals surface area contributed by atoms with Crippen molar-refractivity contribution in [3.63, 3.8) is 0 Å². The Bertz CT molecular complexity index is 2060. The maximum atomic E-state index is 14.2. The molecule has 1 fully saturated rings. The van der Waals surface area contributed by atoms with Gasteiger partial charge < -0.3 is 36.6 Å². The molecule has 0 unspecified atom stereocenters. The molecular weight excluding hydrogens is 733 g/mol. The van der Waals surface area contributed by atoms with E-state index in [0.29, 0.717) is 12.0 Å². The first-order chi connectivity index (χ1) is 26.6. The van der Waals surface area contributed by atoms with E-state index < -0.39 is 88.7 Å². The molecule has 0 saturated heterocycles. The SMILES string of the molecule is C[C@H]1c2ccc(NC(=O)CCCCCCC[P+](C)(c3ccccc3)c3ccccc3)c(O)c2C(O)=C2C(=O)[C@]3(O)C(O)=C(C(N)=O)C(=O)[C@@H](N(C)C)[C@@H]3[C@@H](O)[C@@H]21. The number of hydrogen-bond acceptors (Lipinski definition) is 10. The van der Waals surface area contributed by atoms with Crippen LogP contribution in [0, 0.1) is 11.8 Å². The molecule has 6 atom stereocenters. The van der Waals surface area contributed by atoms with Crippen molar-refractivity contribution in [3.05, 3.63) is 101 Å². The Labute approximate surface area is 327 Å². The van der Waals surface area contributed by atoms with E-state index in [0.717, 1.165) is 31.8 Å². The summed E-state index contributed by atoms with van der Waals surface area (Å²) in [4.78, 5) is 54.3. The molecular formula is C43H51N3O9P+. The zero-order valence-corrected chi connectivity index (χ0v) is 33.0. The average molecular weight is 785 g/mol. The minimum atomic E-state index is -3.00. The van der Waals surface area contributed by atoms with Gasteiger partial charge in [-0.25, -0.2) is 0 Å². The van der Waals surface area contributed by atoms with Gasteiger partial charge in [0.05, 0.1) is 60.0 Å². The second-order valence-electron chi connectivity index (χ2n) is 15.6. The van der Waals surface area contributed by atoms with Crippen molar-refractivity contribution < 1.29 is 44.7 Å². The maximum Gasteiger partial charge on any atom is 0.255 e. The van der Waals surface area contributed by atoms with Gasteiger partial charge in [0.15, 0.2) is 11.4 Å². The zero-order chi connectivity index (χ0) is 40.7. The van der Waals surface area contributed by atoms with Crippen LogP contribution in [0.5, 0.6) is 5.75 Å². The number of nitrogens with one attached hydrogen (secondary N) is 1. The molecule has 0 radical (unpaired) electrons. The summed E-state index contributed by atoms with van der Waals surface area (Å²) in [6, 6.07) is 23.0. The molecule has 56 heavy (non-hydrogen) atoms. The van der Waals surface area contributed by atoms with E-state index in [-0.39, 0.29) is 23.6 Å². The Morgan fingerprint density at radius 1 is 0.875 bits per heavy atom. The Kier molecular flexibility index (Phi) is 11.6. The number of fused-ring (bicyclic) bond motifs is 3. The maximum absolute atomic E-state index is 14.2. The number of primary amides is 1. The van der Waals surface area contributed by atoms with Crippen LogP contribution < -0.4 is 21.7 Å². The Hall–Kier alpha value is -4.87. The molecule has 3 aromatic carbocycles. The first-order valence-electron chi connectivity index (χ1n) is 19.0. The first kappa shape index (κ1) is 40.8. The van der Waals surface area contributed by atoms with Gasteiger partial charge in [-0.3, -0.25) is 24.1 Å². The van der Waals surface area contributed by atoms with Crippen molar-refractivity contribution in [1.82, 2.24) is 4.90 Å². The number of phenolic OH excluding ortho intramolecular Hbond substituents is 1. The van der Waals surface area contributed by atoms with Gasteiger partial charge in [0.2, 0.25) is 11.7 Å². The molecule has 1 saturated carbocycles. The zero-order valence-electron chi connectivity index (χ0n) is 32.1. The van der Waals surface area contributed by atoms with Gasteiger partial charge in [-0.05, 0) is 75.2 Å². The van der Waals surface area contributed by atoms with Crippen molar-refractivity contribution in [2.24, 2.45) is 17.6 Å². The van der Waals surface area contributed by atoms with E-state index >= 15 is 0 Å². The quantitative estimate of drug-likeness (QED) is 0.0572. The van der Waals surface area contributed by atoms with Gasteiger partial charge in [-0.2, -0.15) is 0 Å². The van der Waals surface area contributed by atoms with E-state index in [2.05, 4.69) is 60.5 Å². The monoisotopic (exact) mass is 784 g/mol. The molecule has 0 bridgehead atoms. The first-order valence-corrected chi connectivity index (χ1v) is 21.4. The van der Waals surface area contributed by atoms with Crippen LogP contribution in [0.1, 0.15) is 62.5 Å². The molecule has 3 aliphatic carbocycles. The number of rotatable bonds is 13. The lowest BCUT2D eigenvalue weighted by Gasteiger charge is -2.53. The lowest BCUT2D eigenvalue weighted by atomic mass is 9.54. The lowest BCUT2D eigenvalue weighted by molar-refractivity contribution is -0.169. The highest BCUT2D eigenvalue weighted by molar-refractivity contribution is 7.88. The number of aliphatic hydroxyl groups excluding tert-OH is 3. The molecule has 0 heterocycles. The lowest BCUT2D eigenvalue weighted by Crippen LogP contribution is -2.70. The fourth-order valence-corrected chi connectivity index (χ4v) is 12.4. The average Bonchev–Trinajstić information content (AvgIpc) is 3.17. The number of ketones is 2. The number of benzene rings is 3. The highest BCUT2D eigenvalue weighted by atomic mass is 31.2. The van der Waals surface area contributed by atoms with Crippen LogP contribution in [0.2, 0.25) is 0 Å². The predicted octanol–water partition coefficient (Wildman–Crippen LogP) is 4.07. The topological polar surface area (TPSA) is 211 Å². The molecule has 12 nitrogen and oxygen atoms in total. The van der Waals surface area contributed by atoms with Gasteiger partial charge in [0.25, 0.3) is 5.91 Å². The number of unbranched alkanes of at least 4 members (excludes halogenated alkanes) is 4. The summed E-state index contributed by atoms with van der Waals surface area (Å²) in [6.45, 7) is 4.05. The van der Waals surface area contributed by atoms with Crippen LogP contribution in [-0.4, -0.2) is 98.5 Å². The van der Waals surface area contributed by atoms with E-state index in [1.165, 1.54) is 35.7 Å². The minimum Gasteiger partial charge on any atom is -0.508 e. The molecule has 0 aromatic heterocycles. The predicted molar refractivity (Wildman–Crippen MR) is 217 cm³/mol. The Morgan fingerprint density at radius 3 is 2.02 bits per heavy atom. The molecule has 0 spiro atoms. The number of nitrogens with two attached hydrogens (primary N) is 1. The number of hydrogen-bond donors (Lipinski definition) is 7. The van der Waals surface area contributed by atoms with Gasteiger partial charge in [0, 0.05) is 17.9 Å². The van der Waals surface area contributed by atoms with Gasteiger partial charge >= 0.3 is 0 Å². The van der Waals surface area contributed by atoms with Crippen LogP contribution in [0.25, 0.3) is 5.76 Å². The third-order valence-corrected chi connectivity index (χ3v) is 16.2. The van der Waals surface area contributed by atoms with E-state index in [1.807, 2.05) is 12.1 Å². The van der Waals surface area contributed by atoms with Crippen LogP contribution in [0.3, 0.4) is 0 Å². The summed E-state index contributed by atoms with van der Waals surface area (Å²) < 4.78 is 0. The Balaban J connectivity index is 1.14. The number of aliphatic hydroxyl groups is 4. The molecule has 2 amide bonds. The summed E-state index contributed by atoms with van der Waals surface area (Å²) in [5.41, 5.74) is 1.08. The molecule has 13 heteroatoms. The van der Waals surface area contributed by atoms with Crippen LogP contribution >= 0.6 is 7.26 Å². The van der Waals surface area contributed by atoms with Crippen LogP contribution in [-0.2, 0) is 19.2 Å². The van der Waals surface area contributed by atoms with Crippen molar-refractivity contribution in [2.45, 2.75) is 69.1 Å². The summed E-state index contributed by atoms with van der Waals surface area (Å²) in [5.74, 6) is -10.1. The van der Waals surface area contributed by atoms with Gasteiger partial charge in [-0.1, -0.05) is 62.2 Å². The summed E-state index contributed by atoms with van der Waals surface area (Å²) in [6.07, 6.45) is 4.12. The third kappa shape index (κ3) is 6.83. The van der Waals surface area contributed by atoms with Gasteiger partial charge in [-0.15, -0.1) is 0 Å². The molecule has 296 valence electrons. The number of likely N-dealkylation sites (N-methyl/N-ethyl adjacent to an activating group) is 1. The summed E-state index contributed by atoms with van der Waals surface area (Å²) in [5, 5.41) is 63.3. The Morgan fingerprint density at radius 2 is 1.45 bits per heavy atom. The smallest absolute Gasteiger partial charge is 0.255 e. The standard InChI is InChI=1S/C43H50N3O9P/c1-24-27-21-22-28(45-29(47)20-14-6-5-7-15-23-56(4,25-16-10-8-11-17-25)26-18-12-9-13-19-26)36(48)31(27)37(49)32-30(24)38(50)34-35(46(2)3)39(51)33(42(44)54)41(53)43(34,55)40(32)52/h8-13,16-19,21-22,24,30,34-35,38,50,55H,5-7,14-15,20,23H2,1-4H3,(H5-,44,45,47,48,49,51,52,53,54)/p+1/t24-,30+,34+,35-,38-,43-/m0/s1. The molecule has 0 aliphatic heterocycles. The fraction of sp³-hybridized carbons (Fsp3) is 0.395. The summed E-state index contributed by atoms with van der Waals surface area (Å²) in [7, 11) is 1.36. The number of aromatic hydroxyl groups is 1. The number of nitrogens with zero attached hydrogens (tertiary/aromatic N) is 1. The number of phenols is 1. The number of anilines is 1. The highest BCUT2D eigenvalue weighted by Crippen LogP contribution is 2.57. The molecule has 6 rings (SSSR count). The molecule has 8 N–H and O–H groups in total. The largest absolute Gasteiger partial charge is 0.508 e. The second-order valence-corrected chi connectivity index (χ2v) is 19.5. The van der Waals surface area contributed by atoms with Crippen LogP contribution in [0.4, 0.5) is 5.69 Å². The van der Waals surface area contributed by atoms with Crippen molar-refractivity contribution in [3.8, 4) is 5.75 Å². The van der Waals surface area contributed by atoms with Crippen LogP contribution in [0.15, 0.2) is 89.7 Å². The fourth-order valence-electron chi connectivity index (χ4n) is 9.10. The summed E-state index contributed by atoms with van der Waals surface area (Å²) >= 11 is 0. The number of carbonyl (C=O) groups excluding carboxylic acids is 4. The minimum absolute atomic E-state index is 0.00767. The normalized spacial score (nSPS) is 24.8. The van der Waals surface area contributed by atoms with Crippen molar-refractivity contribution >= 4 is 52.7 Å². The molecule has 3 aromatic rings. The number of amides is 2. The van der Waals surface area contributed by atoms with Crippen molar-refractivity contribution in [1.29, 1.82) is 0 Å². The number of Topliss-reactive ketones (excluding diaryl/α,β-unsaturated/α-hetero) is 2. The van der Waals surface area contributed by atoms with E-state index in [1.54, 1.807) is 13.0 Å². The second kappa shape index (κ2) is 15.9. The molecule has 3 aliphatic rings. The van der Waals surface area contributed by atoms with E-state index in [4.69, 9.17) is 5.73 Å². The highest BCUT2D eigenvalue weighted by Gasteiger charge is 2.68. The van der Waals surface area contributed by atoms with E-state index in [9.17, 15) is 44.7 Å². The third-order valence-electron chi connectivity index (χ3n) is 12.1. The van der Waals surface area contributed by atoms with Gasteiger partial charge in [0.1, 0.15) is 22.8 Å².